The highest BCUT2D eigenvalue weighted by Crippen LogP contribution is 2.24. The van der Waals surface area contributed by atoms with Crippen LogP contribution in [0, 0.1) is 0 Å². The molecule has 19 heavy (non-hydrogen) atoms. The van der Waals surface area contributed by atoms with Gasteiger partial charge in [0.25, 0.3) is 0 Å². The first kappa shape index (κ1) is 14.5. The fourth-order valence-corrected chi connectivity index (χ4v) is 2.29. The topological polar surface area (TPSA) is 72.4 Å². The van der Waals surface area contributed by atoms with Crippen molar-refractivity contribution in [1.29, 1.82) is 0 Å². The van der Waals surface area contributed by atoms with Crippen molar-refractivity contribution in [2.75, 3.05) is 13.1 Å². The lowest BCUT2D eigenvalue weighted by molar-refractivity contribution is -0.108. The highest BCUT2D eigenvalue weighted by Gasteiger charge is 2.36. The molecule has 1 aromatic heterocycles. The van der Waals surface area contributed by atoms with Gasteiger partial charge in [-0.1, -0.05) is 20.8 Å². The summed E-state index contributed by atoms with van der Waals surface area (Å²) in [5.41, 5.74) is 1.19. The van der Waals surface area contributed by atoms with Crippen LogP contribution in [-0.2, 0) is 12.0 Å². The smallest absolute Gasteiger partial charge is 0.0951 e. The number of likely N-dealkylation sites (tertiary alicyclic amines) is 1. The summed E-state index contributed by atoms with van der Waals surface area (Å²) in [6.45, 7) is 10.1. The molecule has 1 fully saturated rings. The molecular formula is C14H25N3O2. The Bertz CT molecular complexity index is 434. The van der Waals surface area contributed by atoms with Crippen LogP contribution in [-0.4, -0.2) is 50.1 Å². The number of aliphatic hydroxyl groups is 2. The van der Waals surface area contributed by atoms with Crippen molar-refractivity contribution in [2.45, 2.75) is 57.8 Å². The number of β-amino-alcohol motifs (C(OH)–C–C–N with tert-alkyl or cyclic N) is 1. The van der Waals surface area contributed by atoms with Gasteiger partial charge >= 0.3 is 0 Å². The zero-order chi connectivity index (χ0) is 14.3. The first-order chi connectivity index (χ1) is 8.68. The van der Waals surface area contributed by atoms with Crippen molar-refractivity contribution in [2.24, 2.45) is 0 Å². The Morgan fingerprint density at radius 3 is 2.74 bits per heavy atom. The van der Waals surface area contributed by atoms with Gasteiger partial charge in [-0.15, -0.1) is 0 Å². The van der Waals surface area contributed by atoms with E-state index in [0.717, 1.165) is 24.5 Å². The molecule has 0 unspecified atom stereocenters. The molecule has 1 aliphatic heterocycles. The largest absolute Gasteiger partial charge is 0.389 e. The number of H-pyrrole nitrogens is 1. The minimum atomic E-state index is -0.957. The van der Waals surface area contributed by atoms with Gasteiger partial charge in [-0.3, -0.25) is 10.00 Å². The van der Waals surface area contributed by atoms with E-state index in [1.807, 2.05) is 0 Å². The van der Waals surface area contributed by atoms with Crippen molar-refractivity contribution >= 4 is 0 Å². The van der Waals surface area contributed by atoms with Gasteiger partial charge in [0.1, 0.15) is 0 Å². The molecule has 1 aromatic rings. The molecule has 0 aliphatic carbocycles. The third-order valence-corrected chi connectivity index (χ3v) is 3.88. The number of hydrogen-bond donors (Lipinski definition) is 3. The van der Waals surface area contributed by atoms with Gasteiger partial charge in [0.15, 0.2) is 0 Å². The Balaban J connectivity index is 1.97. The molecule has 5 nitrogen and oxygen atoms in total. The summed E-state index contributed by atoms with van der Waals surface area (Å²) in [5, 5.41) is 27.2. The second kappa shape index (κ2) is 4.89. The third kappa shape index (κ3) is 3.35. The van der Waals surface area contributed by atoms with E-state index in [9.17, 15) is 10.2 Å². The summed E-state index contributed by atoms with van der Waals surface area (Å²) in [7, 11) is 0. The molecule has 1 aliphatic rings. The molecule has 5 heteroatoms. The lowest BCUT2D eigenvalue weighted by atomic mass is 9.90. The van der Waals surface area contributed by atoms with E-state index in [2.05, 4.69) is 41.9 Å². The summed E-state index contributed by atoms with van der Waals surface area (Å²) < 4.78 is 0. The molecule has 0 amide bonds. The molecule has 0 saturated carbocycles. The average Bonchev–Trinajstić information content (AvgIpc) is 2.72. The van der Waals surface area contributed by atoms with Crippen molar-refractivity contribution in [3.8, 4) is 0 Å². The third-order valence-electron chi connectivity index (χ3n) is 3.88. The zero-order valence-corrected chi connectivity index (χ0v) is 12.3. The minimum absolute atomic E-state index is 0.0415. The molecule has 0 bridgehead atoms. The van der Waals surface area contributed by atoms with Gasteiger partial charge in [0, 0.05) is 30.7 Å². The van der Waals surface area contributed by atoms with Crippen LogP contribution in [0.4, 0.5) is 0 Å². The van der Waals surface area contributed by atoms with E-state index < -0.39 is 11.7 Å². The molecule has 0 aromatic carbocycles. The molecule has 2 rings (SSSR count). The Labute approximate surface area is 114 Å². The number of aromatic nitrogens is 2. The van der Waals surface area contributed by atoms with Gasteiger partial charge < -0.3 is 10.2 Å². The maximum atomic E-state index is 9.94. The van der Waals surface area contributed by atoms with E-state index in [0.29, 0.717) is 13.0 Å². The monoisotopic (exact) mass is 267 g/mol. The van der Waals surface area contributed by atoms with E-state index >= 15 is 0 Å². The molecule has 3 N–H and O–H groups in total. The summed E-state index contributed by atoms with van der Waals surface area (Å²) >= 11 is 0. The molecule has 2 heterocycles. The van der Waals surface area contributed by atoms with Crippen LogP contribution in [0.25, 0.3) is 0 Å². The number of aliphatic hydroxyl groups excluding tert-OH is 1. The quantitative estimate of drug-likeness (QED) is 0.748. The predicted molar refractivity (Wildman–Crippen MR) is 73.8 cm³/mol. The van der Waals surface area contributed by atoms with Crippen LogP contribution < -0.4 is 0 Å². The number of aromatic amines is 1. The summed E-state index contributed by atoms with van der Waals surface area (Å²) in [5.74, 6) is 0. The number of hydrogen-bond acceptors (Lipinski definition) is 4. The van der Waals surface area contributed by atoms with Crippen LogP contribution in [0.15, 0.2) is 6.07 Å². The van der Waals surface area contributed by atoms with E-state index in [-0.39, 0.29) is 5.41 Å². The highest BCUT2D eigenvalue weighted by molar-refractivity contribution is 5.16. The van der Waals surface area contributed by atoms with E-state index in [1.54, 1.807) is 6.92 Å². The second-order valence-electron chi connectivity index (χ2n) is 6.89. The predicted octanol–water partition coefficient (Wildman–Crippen LogP) is 1.02. The number of rotatable bonds is 2. The molecule has 2 atom stereocenters. The molecule has 0 radical (unpaired) electrons. The van der Waals surface area contributed by atoms with Gasteiger partial charge in [-0.25, -0.2) is 0 Å². The van der Waals surface area contributed by atoms with E-state index in [4.69, 9.17) is 0 Å². The lowest BCUT2D eigenvalue weighted by Crippen LogP contribution is -2.53. The van der Waals surface area contributed by atoms with Crippen LogP contribution >= 0.6 is 0 Å². The normalized spacial score (nSPS) is 29.7. The van der Waals surface area contributed by atoms with Crippen molar-refractivity contribution in [3.63, 3.8) is 0 Å². The minimum Gasteiger partial charge on any atom is -0.389 e. The average molecular weight is 267 g/mol. The Hall–Kier alpha value is -0.910. The molecular weight excluding hydrogens is 242 g/mol. The SMILES string of the molecule is CC(C)(C)c1cc(CN2CC[C@](C)(O)[C@@H](O)C2)[nH]n1. The Kier molecular flexibility index (Phi) is 3.73. The van der Waals surface area contributed by atoms with Crippen molar-refractivity contribution in [3.05, 3.63) is 17.5 Å². The van der Waals surface area contributed by atoms with Gasteiger partial charge in [-0.05, 0) is 19.4 Å². The zero-order valence-electron chi connectivity index (χ0n) is 12.3. The summed E-state index contributed by atoms with van der Waals surface area (Å²) in [4.78, 5) is 2.14. The van der Waals surface area contributed by atoms with E-state index in [1.165, 1.54) is 0 Å². The summed E-state index contributed by atoms with van der Waals surface area (Å²) in [6.07, 6.45) is -0.0970. The van der Waals surface area contributed by atoms with Crippen molar-refractivity contribution < 1.29 is 10.2 Å². The van der Waals surface area contributed by atoms with Crippen LogP contribution in [0.3, 0.4) is 0 Å². The fourth-order valence-electron chi connectivity index (χ4n) is 2.29. The van der Waals surface area contributed by atoms with Gasteiger partial charge in [0.2, 0.25) is 0 Å². The first-order valence-electron chi connectivity index (χ1n) is 6.86. The summed E-state index contributed by atoms with van der Waals surface area (Å²) in [6, 6.07) is 2.08. The number of nitrogens with one attached hydrogen (secondary N) is 1. The lowest BCUT2D eigenvalue weighted by Gasteiger charge is -2.39. The van der Waals surface area contributed by atoms with Crippen LogP contribution in [0.5, 0.6) is 0 Å². The first-order valence-corrected chi connectivity index (χ1v) is 6.86. The van der Waals surface area contributed by atoms with Gasteiger partial charge in [0.05, 0.1) is 17.4 Å². The van der Waals surface area contributed by atoms with Crippen LogP contribution in [0.1, 0.15) is 45.5 Å². The molecule has 1 saturated heterocycles. The second-order valence-corrected chi connectivity index (χ2v) is 6.89. The maximum absolute atomic E-state index is 9.94. The fraction of sp³-hybridized carbons (Fsp3) is 0.786. The van der Waals surface area contributed by atoms with Crippen molar-refractivity contribution in [1.82, 2.24) is 15.1 Å². The van der Waals surface area contributed by atoms with Crippen LogP contribution in [0.2, 0.25) is 0 Å². The highest BCUT2D eigenvalue weighted by atomic mass is 16.3. The van der Waals surface area contributed by atoms with Gasteiger partial charge in [-0.2, -0.15) is 5.10 Å². The Morgan fingerprint density at radius 1 is 1.53 bits per heavy atom. The maximum Gasteiger partial charge on any atom is 0.0951 e. The number of piperidine rings is 1. The number of nitrogens with zero attached hydrogens (tertiary/aromatic N) is 2. The molecule has 0 spiro atoms. The Morgan fingerprint density at radius 2 is 2.21 bits per heavy atom. The standard InChI is InChI=1S/C14H25N3O2/c1-13(2,3)11-7-10(15-16-11)8-17-6-5-14(4,19)12(18)9-17/h7,12,18-19H,5-6,8-9H2,1-4H3,(H,15,16)/t12-,14-/m0/s1. The molecule has 108 valence electrons.